The first-order valence-electron chi connectivity index (χ1n) is 5.64. The Kier molecular flexibility index (Phi) is 6.26. The Bertz CT molecular complexity index is 417. The lowest BCUT2D eigenvalue weighted by molar-refractivity contribution is -0.121. The SMILES string of the molecule is CCCNC(=O)C(C)Nc1c(Cl)cc(Br)cc1Cl. The third kappa shape index (κ3) is 4.34. The van der Waals surface area contributed by atoms with E-state index in [1.165, 1.54) is 0 Å². The molecule has 0 aromatic heterocycles. The smallest absolute Gasteiger partial charge is 0.242 e. The lowest BCUT2D eigenvalue weighted by Crippen LogP contribution is -2.38. The number of carbonyl (C=O) groups excluding carboxylic acids is 1. The van der Waals surface area contributed by atoms with Crippen LogP contribution in [0.5, 0.6) is 0 Å². The number of hydrogen-bond acceptors (Lipinski definition) is 2. The second kappa shape index (κ2) is 7.22. The van der Waals surface area contributed by atoms with Crippen LogP contribution in [0.1, 0.15) is 20.3 Å². The van der Waals surface area contributed by atoms with E-state index in [2.05, 4.69) is 26.6 Å². The lowest BCUT2D eigenvalue weighted by atomic mass is 10.2. The van der Waals surface area contributed by atoms with Crippen LogP contribution in [0.2, 0.25) is 10.0 Å². The van der Waals surface area contributed by atoms with Gasteiger partial charge in [0, 0.05) is 11.0 Å². The molecule has 1 rings (SSSR count). The fourth-order valence-electron chi connectivity index (χ4n) is 1.36. The molecule has 0 heterocycles. The van der Waals surface area contributed by atoms with Gasteiger partial charge in [-0.1, -0.05) is 46.1 Å². The van der Waals surface area contributed by atoms with Crippen molar-refractivity contribution in [3.05, 3.63) is 26.7 Å². The van der Waals surface area contributed by atoms with Crippen LogP contribution in [0.3, 0.4) is 0 Å². The maximum atomic E-state index is 11.7. The molecular weight excluding hydrogens is 339 g/mol. The molecule has 0 saturated heterocycles. The zero-order chi connectivity index (χ0) is 13.7. The molecule has 1 atom stereocenters. The molecule has 0 spiro atoms. The zero-order valence-electron chi connectivity index (χ0n) is 10.2. The van der Waals surface area contributed by atoms with Gasteiger partial charge in [0.1, 0.15) is 6.04 Å². The average Bonchev–Trinajstić information content (AvgIpc) is 2.30. The van der Waals surface area contributed by atoms with Crippen molar-refractivity contribution >= 4 is 50.7 Å². The lowest BCUT2D eigenvalue weighted by Gasteiger charge is -2.17. The van der Waals surface area contributed by atoms with Gasteiger partial charge in [-0.3, -0.25) is 4.79 Å². The van der Waals surface area contributed by atoms with Crippen molar-refractivity contribution in [1.82, 2.24) is 5.32 Å². The molecular formula is C12H15BrCl2N2O. The molecule has 0 aliphatic heterocycles. The molecule has 0 bridgehead atoms. The summed E-state index contributed by atoms with van der Waals surface area (Å²) in [4.78, 5) is 11.7. The fraction of sp³-hybridized carbons (Fsp3) is 0.417. The molecule has 0 aliphatic carbocycles. The van der Waals surface area contributed by atoms with Gasteiger partial charge in [0.15, 0.2) is 0 Å². The van der Waals surface area contributed by atoms with Gasteiger partial charge in [-0.05, 0) is 25.5 Å². The number of hydrogen-bond donors (Lipinski definition) is 2. The predicted octanol–water partition coefficient (Wildman–Crippen LogP) is 4.08. The number of carbonyl (C=O) groups is 1. The number of nitrogens with one attached hydrogen (secondary N) is 2. The molecule has 0 aliphatic rings. The highest BCUT2D eigenvalue weighted by Gasteiger charge is 2.15. The quantitative estimate of drug-likeness (QED) is 0.837. The van der Waals surface area contributed by atoms with Crippen LogP contribution in [0.15, 0.2) is 16.6 Å². The Labute approximate surface area is 125 Å². The average molecular weight is 354 g/mol. The maximum absolute atomic E-state index is 11.7. The van der Waals surface area contributed by atoms with E-state index in [1.807, 2.05) is 6.92 Å². The van der Waals surface area contributed by atoms with Crippen LogP contribution in [-0.2, 0) is 4.79 Å². The van der Waals surface area contributed by atoms with E-state index in [0.717, 1.165) is 10.9 Å². The number of rotatable bonds is 5. The van der Waals surface area contributed by atoms with Crippen molar-refractivity contribution in [2.75, 3.05) is 11.9 Å². The minimum absolute atomic E-state index is 0.0769. The Morgan fingerprint density at radius 3 is 2.44 bits per heavy atom. The first-order valence-corrected chi connectivity index (χ1v) is 7.19. The van der Waals surface area contributed by atoms with E-state index < -0.39 is 6.04 Å². The monoisotopic (exact) mass is 352 g/mol. The fourth-order valence-corrected chi connectivity index (χ4v) is 2.68. The van der Waals surface area contributed by atoms with Gasteiger partial charge >= 0.3 is 0 Å². The standard InChI is InChI=1S/C12H15BrCl2N2O/c1-3-4-16-12(18)7(2)17-11-9(14)5-8(13)6-10(11)15/h5-7,17H,3-4H2,1-2H3,(H,16,18). The first kappa shape index (κ1) is 15.6. The normalized spacial score (nSPS) is 12.1. The summed E-state index contributed by atoms with van der Waals surface area (Å²) in [5.74, 6) is -0.0769. The molecule has 6 heteroatoms. The molecule has 0 radical (unpaired) electrons. The topological polar surface area (TPSA) is 41.1 Å². The second-order valence-corrected chi connectivity index (χ2v) is 5.63. The minimum Gasteiger partial charge on any atom is -0.371 e. The van der Waals surface area contributed by atoms with Gasteiger partial charge in [-0.2, -0.15) is 0 Å². The van der Waals surface area contributed by atoms with Gasteiger partial charge in [-0.15, -0.1) is 0 Å². The van der Waals surface area contributed by atoms with Gasteiger partial charge in [0.25, 0.3) is 0 Å². The summed E-state index contributed by atoms with van der Waals surface area (Å²) in [6.45, 7) is 4.42. The third-order valence-electron chi connectivity index (χ3n) is 2.31. The van der Waals surface area contributed by atoms with Crippen LogP contribution < -0.4 is 10.6 Å². The van der Waals surface area contributed by atoms with Crippen LogP contribution in [0.4, 0.5) is 5.69 Å². The van der Waals surface area contributed by atoms with Gasteiger partial charge in [-0.25, -0.2) is 0 Å². The molecule has 1 aromatic rings. The van der Waals surface area contributed by atoms with Gasteiger partial charge in [0.05, 0.1) is 15.7 Å². The molecule has 0 saturated carbocycles. The Hall–Kier alpha value is -0.450. The summed E-state index contributed by atoms with van der Waals surface area (Å²) in [6, 6.07) is 3.06. The summed E-state index contributed by atoms with van der Waals surface area (Å²) >= 11 is 15.5. The van der Waals surface area contributed by atoms with Gasteiger partial charge < -0.3 is 10.6 Å². The van der Waals surface area contributed by atoms with Crippen LogP contribution >= 0.6 is 39.1 Å². The molecule has 0 fully saturated rings. The number of anilines is 1. The first-order chi connectivity index (χ1) is 8.45. The summed E-state index contributed by atoms with van der Waals surface area (Å²) < 4.78 is 0.797. The summed E-state index contributed by atoms with van der Waals surface area (Å²) in [5, 5.41) is 6.78. The molecule has 1 unspecified atom stereocenters. The predicted molar refractivity (Wildman–Crippen MR) is 80.5 cm³/mol. The molecule has 3 nitrogen and oxygen atoms in total. The van der Waals surface area contributed by atoms with Crippen molar-refractivity contribution < 1.29 is 4.79 Å². The van der Waals surface area contributed by atoms with E-state index in [4.69, 9.17) is 23.2 Å². The minimum atomic E-state index is -0.396. The van der Waals surface area contributed by atoms with E-state index in [1.54, 1.807) is 19.1 Å². The molecule has 2 N–H and O–H groups in total. The molecule has 1 aromatic carbocycles. The zero-order valence-corrected chi connectivity index (χ0v) is 13.3. The van der Waals surface area contributed by atoms with Crippen molar-refractivity contribution in [1.29, 1.82) is 0 Å². The van der Waals surface area contributed by atoms with Crippen molar-refractivity contribution in [3.8, 4) is 0 Å². The van der Waals surface area contributed by atoms with Crippen LogP contribution in [0.25, 0.3) is 0 Å². The summed E-state index contributed by atoms with van der Waals surface area (Å²) in [5.41, 5.74) is 0.570. The highest BCUT2D eigenvalue weighted by Crippen LogP contribution is 2.34. The van der Waals surface area contributed by atoms with Crippen LogP contribution in [-0.4, -0.2) is 18.5 Å². The van der Waals surface area contributed by atoms with E-state index in [-0.39, 0.29) is 5.91 Å². The van der Waals surface area contributed by atoms with E-state index in [9.17, 15) is 4.79 Å². The number of benzene rings is 1. The Morgan fingerprint density at radius 1 is 1.39 bits per heavy atom. The number of halogens is 3. The largest absolute Gasteiger partial charge is 0.371 e. The Morgan fingerprint density at radius 2 is 1.94 bits per heavy atom. The highest BCUT2D eigenvalue weighted by molar-refractivity contribution is 9.10. The van der Waals surface area contributed by atoms with Crippen LogP contribution in [0, 0.1) is 0 Å². The third-order valence-corrected chi connectivity index (χ3v) is 3.36. The van der Waals surface area contributed by atoms with Crippen molar-refractivity contribution in [3.63, 3.8) is 0 Å². The Balaban J connectivity index is 2.75. The molecule has 1 amide bonds. The molecule has 18 heavy (non-hydrogen) atoms. The molecule has 100 valence electrons. The van der Waals surface area contributed by atoms with Crippen molar-refractivity contribution in [2.45, 2.75) is 26.3 Å². The highest BCUT2D eigenvalue weighted by atomic mass is 79.9. The van der Waals surface area contributed by atoms with E-state index in [0.29, 0.717) is 22.3 Å². The summed E-state index contributed by atoms with van der Waals surface area (Å²) in [7, 11) is 0. The van der Waals surface area contributed by atoms with Gasteiger partial charge in [0.2, 0.25) is 5.91 Å². The van der Waals surface area contributed by atoms with E-state index >= 15 is 0 Å². The second-order valence-electron chi connectivity index (χ2n) is 3.90. The maximum Gasteiger partial charge on any atom is 0.242 e. The van der Waals surface area contributed by atoms with Crippen molar-refractivity contribution in [2.24, 2.45) is 0 Å². The summed E-state index contributed by atoms with van der Waals surface area (Å²) in [6.07, 6.45) is 0.901. The number of amides is 1.